The van der Waals surface area contributed by atoms with Crippen molar-refractivity contribution >= 4 is 17.8 Å². The molecule has 0 aromatic carbocycles. The molecule has 0 aromatic rings. The number of esters is 1. The van der Waals surface area contributed by atoms with E-state index in [9.17, 15) is 14.4 Å². The first kappa shape index (κ1) is 13.8. The van der Waals surface area contributed by atoms with Crippen LogP contribution in [0.2, 0.25) is 0 Å². The van der Waals surface area contributed by atoms with Crippen LogP contribution in [-0.2, 0) is 19.1 Å². The topological polar surface area (TPSA) is 89.7 Å². The van der Waals surface area contributed by atoms with Gasteiger partial charge in [0.15, 0.2) is 6.10 Å². The summed E-state index contributed by atoms with van der Waals surface area (Å²) in [5.41, 5.74) is 5.04. The van der Waals surface area contributed by atoms with Crippen molar-refractivity contribution in [3.8, 4) is 0 Å². The summed E-state index contributed by atoms with van der Waals surface area (Å²) < 4.78 is 4.96. The van der Waals surface area contributed by atoms with E-state index in [0.717, 1.165) is 25.7 Å². The van der Waals surface area contributed by atoms with Gasteiger partial charge in [0.25, 0.3) is 5.91 Å². The Morgan fingerprint density at radius 1 is 1.37 bits per heavy atom. The third-order valence-electron chi connectivity index (χ3n) is 3.95. The average Bonchev–Trinajstić information content (AvgIpc) is 2.97. The Morgan fingerprint density at radius 3 is 2.58 bits per heavy atom. The van der Waals surface area contributed by atoms with Crippen LogP contribution in [-0.4, -0.2) is 41.4 Å². The van der Waals surface area contributed by atoms with Crippen molar-refractivity contribution in [2.24, 2.45) is 11.7 Å². The fraction of sp³-hybridized carbons (Fsp3) is 0.769. The quantitative estimate of drug-likeness (QED) is 0.737. The zero-order chi connectivity index (χ0) is 14.0. The van der Waals surface area contributed by atoms with E-state index >= 15 is 0 Å². The second-order valence-corrected chi connectivity index (χ2v) is 5.37. The smallest absolute Gasteiger partial charge is 0.312 e. The summed E-state index contributed by atoms with van der Waals surface area (Å²) >= 11 is 0. The fourth-order valence-corrected chi connectivity index (χ4v) is 2.79. The van der Waals surface area contributed by atoms with E-state index in [1.807, 2.05) is 0 Å². The molecule has 6 nitrogen and oxygen atoms in total. The fourth-order valence-electron chi connectivity index (χ4n) is 2.79. The molecule has 2 amide bonds. The van der Waals surface area contributed by atoms with Gasteiger partial charge in [-0.1, -0.05) is 12.8 Å². The maximum atomic E-state index is 11.9. The summed E-state index contributed by atoms with van der Waals surface area (Å²) in [6.45, 7) is 1.85. The highest BCUT2D eigenvalue weighted by molar-refractivity contribution is 5.88. The van der Waals surface area contributed by atoms with Gasteiger partial charge in [-0.05, 0) is 19.8 Å². The molecule has 1 aliphatic carbocycles. The average molecular weight is 268 g/mol. The van der Waals surface area contributed by atoms with Gasteiger partial charge >= 0.3 is 5.97 Å². The van der Waals surface area contributed by atoms with Gasteiger partial charge in [-0.2, -0.15) is 0 Å². The van der Waals surface area contributed by atoms with Crippen molar-refractivity contribution in [1.82, 2.24) is 4.90 Å². The van der Waals surface area contributed by atoms with Crippen molar-refractivity contribution < 1.29 is 19.1 Å². The third-order valence-corrected chi connectivity index (χ3v) is 3.95. The minimum absolute atomic E-state index is 0.0144. The van der Waals surface area contributed by atoms with Gasteiger partial charge in [0, 0.05) is 19.0 Å². The molecule has 2 N–H and O–H groups in total. The number of hydrogen-bond acceptors (Lipinski definition) is 4. The summed E-state index contributed by atoms with van der Waals surface area (Å²) in [6.07, 6.45) is 3.56. The predicted octanol–water partition coefficient (Wildman–Crippen LogP) is 0.195. The van der Waals surface area contributed by atoms with Crippen LogP contribution in [0.3, 0.4) is 0 Å². The van der Waals surface area contributed by atoms with E-state index in [2.05, 4.69) is 0 Å². The first-order valence-electron chi connectivity index (χ1n) is 6.78. The molecule has 6 heteroatoms. The van der Waals surface area contributed by atoms with E-state index in [4.69, 9.17) is 10.5 Å². The normalized spacial score (nSPS) is 25.6. The monoisotopic (exact) mass is 268 g/mol. The summed E-state index contributed by atoms with van der Waals surface area (Å²) in [5.74, 6) is -1.62. The molecule has 2 fully saturated rings. The summed E-state index contributed by atoms with van der Waals surface area (Å²) in [4.78, 5) is 36.4. The molecule has 2 aliphatic rings. The second kappa shape index (κ2) is 5.59. The molecule has 1 saturated carbocycles. The number of rotatable bonds is 4. The Labute approximate surface area is 112 Å². The lowest BCUT2D eigenvalue weighted by Crippen LogP contribution is -2.36. The number of nitrogens with two attached hydrogens (primary N) is 1. The van der Waals surface area contributed by atoms with Crippen LogP contribution < -0.4 is 5.73 Å². The number of amides is 2. The first-order valence-corrected chi connectivity index (χ1v) is 6.78. The molecule has 106 valence electrons. The van der Waals surface area contributed by atoms with Crippen molar-refractivity contribution in [3.05, 3.63) is 0 Å². The third kappa shape index (κ3) is 3.05. The molecule has 19 heavy (non-hydrogen) atoms. The first-order chi connectivity index (χ1) is 8.99. The van der Waals surface area contributed by atoms with Gasteiger partial charge in [-0.3, -0.25) is 14.4 Å². The predicted molar refractivity (Wildman–Crippen MR) is 66.8 cm³/mol. The molecule has 0 bridgehead atoms. The lowest BCUT2D eigenvalue weighted by molar-refractivity contribution is -0.157. The number of likely N-dealkylation sites (tertiary alicyclic amines) is 1. The van der Waals surface area contributed by atoms with Gasteiger partial charge < -0.3 is 15.4 Å². The van der Waals surface area contributed by atoms with E-state index in [1.165, 1.54) is 6.92 Å². The van der Waals surface area contributed by atoms with Crippen LogP contribution in [0.15, 0.2) is 0 Å². The summed E-state index contributed by atoms with van der Waals surface area (Å²) in [7, 11) is 0. The van der Waals surface area contributed by atoms with Crippen molar-refractivity contribution in [2.75, 3.05) is 6.54 Å². The molecule has 1 heterocycles. The van der Waals surface area contributed by atoms with Crippen LogP contribution in [0.25, 0.3) is 0 Å². The SMILES string of the molecule is C[C@@H](OC(=O)[C@@H]1CC(=O)N(C2CCCC2)C1)C(N)=O. The molecule has 1 saturated heterocycles. The van der Waals surface area contributed by atoms with Gasteiger partial charge in [-0.25, -0.2) is 0 Å². The number of carbonyl (C=O) groups is 3. The standard InChI is InChI=1S/C13H20N2O4/c1-8(12(14)17)19-13(18)9-6-11(16)15(7-9)10-4-2-3-5-10/h8-10H,2-7H2,1H3,(H2,14,17)/t8-,9-/m1/s1. The van der Waals surface area contributed by atoms with Crippen molar-refractivity contribution in [3.63, 3.8) is 0 Å². The number of carbonyl (C=O) groups excluding carboxylic acids is 3. The van der Waals surface area contributed by atoms with Crippen LogP contribution in [0, 0.1) is 5.92 Å². The van der Waals surface area contributed by atoms with Crippen LogP contribution >= 0.6 is 0 Å². The van der Waals surface area contributed by atoms with Crippen LogP contribution in [0.5, 0.6) is 0 Å². The number of primary amides is 1. The van der Waals surface area contributed by atoms with E-state index in [0.29, 0.717) is 6.54 Å². The second-order valence-electron chi connectivity index (χ2n) is 5.37. The minimum Gasteiger partial charge on any atom is -0.452 e. The molecule has 2 rings (SSSR count). The van der Waals surface area contributed by atoms with Gasteiger partial charge in [0.05, 0.1) is 5.92 Å². The molecule has 0 aromatic heterocycles. The zero-order valence-electron chi connectivity index (χ0n) is 11.1. The van der Waals surface area contributed by atoms with Crippen LogP contribution in [0.4, 0.5) is 0 Å². The Morgan fingerprint density at radius 2 is 2.00 bits per heavy atom. The van der Waals surface area contributed by atoms with Crippen LogP contribution in [0.1, 0.15) is 39.0 Å². The van der Waals surface area contributed by atoms with Gasteiger partial charge in [-0.15, -0.1) is 0 Å². The summed E-state index contributed by atoms with van der Waals surface area (Å²) in [6, 6.07) is 0.277. The lowest BCUT2D eigenvalue weighted by Gasteiger charge is -2.23. The van der Waals surface area contributed by atoms with E-state index < -0.39 is 23.9 Å². The Bertz CT molecular complexity index is 390. The molecular weight excluding hydrogens is 248 g/mol. The summed E-state index contributed by atoms with van der Waals surface area (Å²) in [5, 5.41) is 0. The Hall–Kier alpha value is -1.59. The molecule has 2 atom stereocenters. The molecule has 0 unspecified atom stereocenters. The molecule has 0 spiro atoms. The maximum absolute atomic E-state index is 11.9. The molecular formula is C13H20N2O4. The molecule has 1 aliphatic heterocycles. The van der Waals surface area contributed by atoms with Crippen molar-refractivity contribution in [2.45, 2.75) is 51.2 Å². The molecule has 0 radical (unpaired) electrons. The number of nitrogens with zero attached hydrogens (tertiary/aromatic N) is 1. The zero-order valence-corrected chi connectivity index (χ0v) is 11.1. The van der Waals surface area contributed by atoms with Gasteiger partial charge in [0.2, 0.25) is 5.91 Å². The highest BCUT2D eigenvalue weighted by Crippen LogP contribution is 2.29. The van der Waals surface area contributed by atoms with Gasteiger partial charge in [0.1, 0.15) is 0 Å². The largest absolute Gasteiger partial charge is 0.452 e. The van der Waals surface area contributed by atoms with E-state index in [1.54, 1.807) is 4.90 Å². The highest BCUT2D eigenvalue weighted by Gasteiger charge is 2.40. The minimum atomic E-state index is -0.942. The lowest BCUT2D eigenvalue weighted by atomic mass is 10.1. The Kier molecular flexibility index (Phi) is 4.07. The Balaban J connectivity index is 1.91. The number of ether oxygens (including phenoxy) is 1. The maximum Gasteiger partial charge on any atom is 0.312 e. The van der Waals surface area contributed by atoms with Crippen molar-refractivity contribution in [1.29, 1.82) is 0 Å². The highest BCUT2D eigenvalue weighted by atomic mass is 16.5. The van der Waals surface area contributed by atoms with E-state index in [-0.39, 0.29) is 18.4 Å². The number of hydrogen-bond donors (Lipinski definition) is 1.